The fraction of sp³-hybridized carbons (Fsp3) is 0.481. The van der Waals surface area contributed by atoms with Crippen LogP contribution in [0.25, 0.3) is 0 Å². The van der Waals surface area contributed by atoms with Gasteiger partial charge in [0.05, 0.1) is 15.7 Å². The normalized spacial score (nSPS) is 15.2. The molecule has 1 saturated carbocycles. The first-order valence-corrected chi connectivity index (χ1v) is 15.1. The fourth-order valence-electron chi connectivity index (χ4n) is 4.65. The topological polar surface area (TPSA) is 90.0 Å². The third kappa shape index (κ3) is 7.84. The zero-order valence-electron chi connectivity index (χ0n) is 22.4. The van der Waals surface area contributed by atoms with Crippen molar-refractivity contribution in [1.82, 2.24) is 14.5 Å². The summed E-state index contributed by atoms with van der Waals surface area (Å²) in [5, 5.41) is 3.69. The Hall–Kier alpha value is -2.40. The van der Waals surface area contributed by atoms with Gasteiger partial charge < -0.3 is 10.2 Å². The quantitative estimate of drug-likeness (QED) is 0.393. The van der Waals surface area contributed by atoms with Crippen molar-refractivity contribution in [3.8, 4) is 0 Å². The highest BCUT2D eigenvalue weighted by Gasteiger charge is 2.35. The molecule has 39 heavy (non-hydrogen) atoms. The van der Waals surface area contributed by atoms with Crippen LogP contribution in [0.1, 0.15) is 51.0 Å². The molecular formula is C27H35Cl2FN4O4S. The number of hydrogen-bond acceptors (Lipinski definition) is 4. The van der Waals surface area contributed by atoms with Gasteiger partial charge in [0.1, 0.15) is 18.4 Å². The largest absolute Gasteiger partial charge is 0.352 e. The van der Waals surface area contributed by atoms with Gasteiger partial charge in [0.25, 0.3) is 0 Å². The highest BCUT2D eigenvalue weighted by Crippen LogP contribution is 2.26. The highest BCUT2D eigenvalue weighted by atomic mass is 35.5. The van der Waals surface area contributed by atoms with Crippen molar-refractivity contribution >= 4 is 50.9 Å². The number of hydrogen-bond donors (Lipinski definition) is 1. The van der Waals surface area contributed by atoms with Crippen molar-refractivity contribution in [2.75, 3.05) is 24.9 Å². The monoisotopic (exact) mass is 600 g/mol. The average Bonchev–Trinajstić information content (AvgIpc) is 2.90. The van der Waals surface area contributed by atoms with Gasteiger partial charge in [-0.1, -0.05) is 67.6 Å². The summed E-state index contributed by atoms with van der Waals surface area (Å²) in [5.74, 6) is -1.78. The average molecular weight is 602 g/mol. The van der Waals surface area contributed by atoms with Crippen molar-refractivity contribution in [3.63, 3.8) is 0 Å². The van der Waals surface area contributed by atoms with Crippen LogP contribution in [0.3, 0.4) is 0 Å². The number of nitrogens with one attached hydrogen (secondary N) is 1. The first kappa shape index (κ1) is 31.1. The molecule has 0 heterocycles. The molecule has 12 heteroatoms. The van der Waals surface area contributed by atoms with E-state index in [4.69, 9.17) is 23.2 Å². The summed E-state index contributed by atoms with van der Waals surface area (Å²) < 4.78 is 42.9. The fourth-order valence-corrected chi connectivity index (χ4v) is 6.04. The zero-order chi connectivity index (χ0) is 28.7. The molecule has 0 aromatic heterocycles. The van der Waals surface area contributed by atoms with E-state index >= 15 is 0 Å². The van der Waals surface area contributed by atoms with Crippen LogP contribution in [0.15, 0.2) is 42.5 Å². The second-order valence-corrected chi connectivity index (χ2v) is 12.7. The molecule has 0 saturated heterocycles. The maximum Gasteiger partial charge on any atom is 0.304 e. The van der Waals surface area contributed by atoms with Crippen LogP contribution in [-0.4, -0.2) is 62.2 Å². The molecule has 1 aliphatic rings. The molecule has 1 fully saturated rings. The van der Waals surface area contributed by atoms with Crippen LogP contribution in [0.4, 0.5) is 10.1 Å². The van der Waals surface area contributed by atoms with Gasteiger partial charge in [-0.2, -0.15) is 12.7 Å². The molecule has 1 N–H and O–H groups in total. The van der Waals surface area contributed by atoms with Gasteiger partial charge in [-0.25, -0.2) is 8.70 Å². The molecular weight excluding hydrogens is 566 g/mol. The minimum absolute atomic E-state index is 0.0197. The van der Waals surface area contributed by atoms with Crippen molar-refractivity contribution in [2.45, 2.75) is 64.1 Å². The number of para-hydroxylation sites is 1. The first-order valence-electron chi connectivity index (χ1n) is 12.9. The number of amides is 2. The lowest BCUT2D eigenvalue weighted by atomic mass is 9.95. The zero-order valence-corrected chi connectivity index (χ0v) is 24.7. The van der Waals surface area contributed by atoms with Gasteiger partial charge >= 0.3 is 10.2 Å². The van der Waals surface area contributed by atoms with Crippen LogP contribution in [0, 0.1) is 5.82 Å². The van der Waals surface area contributed by atoms with Gasteiger partial charge in [-0.3, -0.25) is 9.59 Å². The molecule has 0 radical (unpaired) electrons. The SMILES string of the molecule is CCC(C(=O)NC1CCCCC1)N(Cc1ccc(Cl)c(Cl)c1)C(=O)CN(c1ccccc1F)S(=O)(=O)N(C)C. The smallest absolute Gasteiger partial charge is 0.304 e. The lowest BCUT2D eigenvalue weighted by Crippen LogP contribution is -2.54. The molecule has 2 amide bonds. The van der Waals surface area contributed by atoms with E-state index in [1.807, 2.05) is 0 Å². The summed E-state index contributed by atoms with van der Waals surface area (Å²) in [5.41, 5.74) is 0.336. The second kappa shape index (κ2) is 13.8. The lowest BCUT2D eigenvalue weighted by Gasteiger charge is -2.35. The Kier molecular flexibility index (Phi) is 11.0. The Morgan fingerprint density at radius 3 is 2.31 bits per heavy atom. The van der Waals surface area contributed by atoms with E-state index in [9.17, 15) is 22.4 Å². The van der Waals surface area contributed by atoms with Gasteiger partial charge in [-0.15, -0.1) is 0 Å². The Bertz CT molecular complexity index is 1270. The van der Waals surface area contributed by atoms with Crippen LogP contribution in [-0.2, 0) is 26.3 Å². The minimum atomic E-state index is -4.26. The van der Waals surface area contributed by atoms with Gasteiger partial charge in [0.15, 0.2) is 0 Å². The van der Waals surface area contributed by atoms with Crippen LogP contribution in [0.5, 0.6) is 0 Å². The van der Waals surface area contributed by atoms with E-state index in [1.165, 1.54) is 37.2 Å². The molecule has 1 unspecified atom stereocenters. The number of halogens is 3. The third-order valence-corrected chi connectivity index (χ3v) is 9.36. The molecule has 8 nitrogen and oxygen atoms in total. The van der Waals surface area contributed by atoms with Crippen molar-refractivity contribution in [2.24, 2.45) is 0 Å². The molecule has 2 aromatic rings. The Morgan fingerprint density at radius 1 is 1.05 bits per heavy atom. The summed E-state index contributed by atoms with van der Waals surface area (Å²) >= 11 is 12.3. The van der Waals surface area contributed by atoms with E-state index in [0.29, 0.717) is 10.6 Å². The van der Waals surface area contributed by atoms with Crippen molar-refractivity contribution < 1.29 is 22.4 Å². The number of anilines is 1. The van der Waals surface area contributed by atoms with Gasteiger partial charge in [0, 0.05) is 26.7 Å². The van der Waals surface area contributed by atoms with Crippen LogP contribution in [0.2, 0.25) is 10.0 Å². The molecule has 1 atom stereocenters. The Labute approximate surface area is 240 Å². The van der Waals surface area contributed by atoms with Crippen molar-refractivity contribution in [1.29, 1.82) is 0 Å². The number of benzene rings is 2. The number of carbonyl (C=O) groups excluding carboxylic acids is 2. The van der Waals surface area contributed by atoms with Crippen LogP contribution < -0.4 is 9.62 Å². The number of carbonyl (C=O) groups is 2. The highest BCUT2D eigenvalue weighted by molar-refractivity contribution is 7.90. The predicted molar refractivity (Wildman–Crippen MR) is 152 cm³/mol. The summed E-state index contributed by atoms with van der Waals surface area (Å²) in [7, 11) is -1.67. The maximum absolute atomic E-state index is 14.8. The van der Waals surface area contributed by atoms with Crippen molar-refractivity contribution in [3.05, 3.63) is 63.9 Å². The first-order chi connectivity index (χ1) is 18.4. The lowest BCUT2D eigenvalue weighted by molar-refractivity contribution is -0.140. The molecule has 0 bridgehead atoms. The van der Waals surface area contributed by atoms with Crippen LogP contribution >= 0.6 is 23.2 Å². The Morgan fingerprint density at radius 2 is 1.72 bits per heavy atom. The van der Waals surface area contributed by atoms with E-state index < -0.39 is 34.5 Å². The minimum Gasteiger partial charge on any atom is -0.352 e. The maximum atomic E-state index is 14.8. The standard InChI is InChI=1S/C27H35Cl2FN4O4S/c1-4-24(27(36)31-20-10-6-5-7-11-20)33(17-19-14-15-21(28)22(29)16-19)26(35)18-34(39(37,38)32(2)3)25-13-9-8-12-23(25)30/h8-9,12-16,20,24H,4-7,10-11,17-18H2,1-3H3,(H,31,36). The van der Waals surface area contributed by atoms with Gasteiger partial charge in [-0.05, 0) is 49.1 Å². The summed E-state index contributed by atoms with van der Waals surface area (Å²) in [4.78, 5) is 28.7. The number of nitrogens with zero attached hydrogens (tertiary/aromatic N) is 3. The van der Waals surface area contributed by atoms with E-state index in [-0.39, 0.29) is 35.6 Å². The van der Waals surface area contributed by atoms with E-state index in [0.717, 1.165) is 46.8 Å². The van der Waals surface area contributed by atoms with Gasteiger partial charge in [0.2, 0.25) is 11.8 Å². The number of rotatable bonds is 11. The molecule has 2 aromatic carbocycles. The van der Waals surface area contributed by atoms with E-state index in [1.54, 1.807) is 25.1 Å². The third-order valence-electron chi connectivity index (χ3n) is 6.81. The summed E-state index contributed by atoms with van der Waals surface area (Å²) in [6.45, 7) is 1.04. The molecule has 1 aliphatic carbocycles. The summed E-state index contributed by atoms with van der Waals surface area (Å²) in [6, 6.07) is 9.34. The molecule has 3 rings (SSSR count). The summed E-state index contributed by atoms with van der Waals surface area (Å²) in [6.07, 6.45) is 5.18. The molecule has 214 valence electrons. The molecule has 0 aliphatic heterocycles. The second-order valence-electron chi connectivity index (χ2n) is 9.79. The predicted octanol–water partition coefficient (Wildman–Crippen LogP) is 5.00. The molecule has 0 spiro atoms. The van der Waals surface area contributed by atoms with E-state index in [2.05, 4.69) is 5.32 Å². The Balaban J connectivity index is 1.99.